The quantitative estimate of drug-likeness (QED) is 0.781. The average Bonchev–Trinajstić information content (AvgIpc) is 2.47. The van der Waals surface area contributed by atoms with Crippen LogP contribution >= 0.6 is 15.9 Å². The van der Waals surface area contributed by atoms with Gasteiger partial charge in [0.1, 0.15) is 5.82 Å². The largest absolute Gasteiger partial charge is 0.272 e. The van der Waals surface area contributed by atoms with Crippen molar-refractivity contribution in [2.75, 3.05) is 0 Å². The Balaban J connectivity index is 2.14. The molecule has 5 heteroatoms. The van der Waals surface area contributed by atoms with Crippen molar-refractivity contribution in [3.8, 4) is 0 Å². The Morgan fingerprint density at radius 2 is 1.85 bits per heavy atom. The topological polar surface area (TPSA) is 45.8 Å². The lowest BCUT2D eigenvalue weighted by atomic mass is 10.0. The van der Waals surface area contributed by atoms with Crippen LogP contribution in [-0.2, 0) is 6.42 Å². The van der Waals surface area contributed by atoms with E-state index in [9.17, 15) is 9.18 Å². The minimum Gasteiger partial charge on any atom is -0.267 e. The van der Waals surface area contributed by atoms with Crippen LogP contribution in [0.15, 0.2) is 51.7 Å². The summed E-state index contributed by atoms with van der Waals surface area (Å²) in [5.74, 6) is -0.301. The van der Waals surface area contributed by atoms with Gasteiger partial charge in [-0.25, -0.2) is 9.49 Å². The Hall–Kier alpha value is -2.01. The lowest BCUT2D eigenvalue weighted by Crippen LogP contribution is -2.11. The molecule has 0 saturated carbocycles. The Morgan fingerprint density at radius 3 is 2.65 bits per heavy atom. The number of hydrogen-bond acceptors (Lipinski definition) is 2. The van der Waals surface area contributed by atoms with Crippen LogP contribution < -0.4 is 5.56 Å². The average molecular weight is 333 g/mol. The van der Waals surface area contributed by atoms with Crippen molar-refractivity contribution in [2.45, 2.75) is 6.42 Å². The van der Waals surface area contributed by atoms with Gasteiger partial charge in [-0.2, -0.15) is 5.10 Å². The van der Waals surface area contributed by atoms with Gasteiger partial charge in [0.2, 0.25) is 0 Å². The SMILES string of the molecule is O=c1[nH]nc(Cc2cccc(Br)c2F)c2ccccc12. The Bertz CT molecular complexity index is 845. The van der Waals surface area contributed by atoms with Crippen molar-refractivity contribution in [1.82, 2.24) is 10.2 Å². The highest BCUT2D eigenvalue weighted by Gasteiger charge is 2.11. The standard InChI is InChI=1S/C15H10BrFN2O/c16-12-7-3-4-9(14(12)17)8-13-10-5-1-2-6-11(10)15(20)19-18-13/h1-7H,8H2,(H,19,20). The van der Waals surface area contributed by atoms with Gasteiger partial charge in [0.15, 0.2) is 0 Å². The molecular weight excluding hydrogens is 323 g/mol. The number of nitrogens with zero attached hydrogens (tertiary/aromatic N) is 1. The summed E-state index contributed by atoms with van der Waals surface area (Å²) in [6, 6.07) is 12.3. The highest BCUT2D eigenvalue weighted by molar-refractivity contribution is 9.10. The van der Waals surface area contributed by atoms with E-state index in [1.807, 2.05) is 12.1 Å². The van der Waals surface area contributed by atoms with Crippen molar-refractivity contribution < 1.29 is 4.39 Å². The van der Waals surface area contributed by atoms with Gasteiger partial charge < -0.3 is 0 Å². The van der Waals surface area contributed by atoms with Crippen LogP contribution in [0.25, 0.3) is 10.8 Å². The molecule has 0 aliphatic carbocycles. The maximum atomic E-state index is 14.0. The van der Waals surface area contributed by atoms with E-state index in [-0.39, 0.29) is 11.4 Å². The number of fused-ring (bicyclic) bond motifs is 1. The zero-order valence-corrected chi connectivity index (χ0v) is 11.9. The fraction of sp³-hybridized carbons (Fsp3) is 0.0667. The third kappa shape index (κ3) is 2.25. The van der Waals surface area contributed by atoms with Gasteiger partial charge in [-0.15, -0.1) is 0 Å². The lowest BCUT2D eigenvalue weighted by molar-refractivity contribution is 0.606. The van der Waals surface area contributed by atoms with Crippen molar-refractivity contribution in [3.63, 3.8) is 0 Å². The van der Waals surface area contributed by atoms with E-state index < -0.39 is 0 Å². The van der Waals surface area contributed by atoms with Gasteiger partial charge in [-0.1, -0.05) is 30.3 Å². The van der Waals surface area contributed by atoms with Crippen LogP contribution in [-0.4, -0.2) is 10.2 Å². The normalized spacial score (nSPS) is 10.9. The summed E-state index contributed by atoms with van der Waals surface area (Å²) < 4.78 is 14.4. The van der Waals surface area contributed by atoms with Crippen LogP contribution in [0.4, 0.5) is 4.39 Å². The molecule has 3 aromatic rings. The molecule has 0 saturated heterocycles. The second kappa shape index (κ2) is 5.17. The summed E-state index contributed by atoms with van der Waals surface area (Å²) in [6.45, 7) is 0. The highest BCUT2D eigenvalue weighted by atomic mass is 79.9. The fourth-order valence-electron chi connectivity index (χ4n) is 2.17. The monoisotopic (exact) mass is 332 g/mol. The minimum absolute atomic E-state index is 0.237. The van der Waals surface area contributed by atoms with E-state index in [0.29, 0.717) is 27.5 Å². The summed E-state index contributed by atoms with van der Waals surface area (Å²) in [5, 5.41) is 7.82. The molecule has 1 aromatic heterocycles. The van der Waals surface area contributed by atoms with E-state index >= 15 is 0 Å². The number of benzene rings is 2. The van der Waals surface area contributed by atoms with E-state index in [0.717, 1.165) is 5.39 Å². The molecule has 0 radical (unpaired) electrons. The fourth-order valence-corrected chi connectivity index (χ4v) is 2.58. The summed E-state index contributed by atoms with van der Waals surface area (Å²) in [7, 11) is 0. The molecule has 0 aliphatic rings. The molecule has 20 heavy (non-hydrogen) atoms. The van der Waals surface area contributed by atoms with Crippen LogP contribution in [0.1, 0.15) is 11.3 Å². The van der Waals surface area contributed by atoms with Crippen molar-refractivity contribution in [3.05, 3.63) is 74.4 Å². The van der Waals surface area contributed by atoms with Crippen LogP contribution in [0.3, 0.4) is 0 Å². The Morgan fingerprint density at radius 1 is 1.10 bits per heavy atom. The molecule has 0 atom stereocenters. The highest BCUT2D eigenvalue weighted by Crippen LogP contribution is 2.22. The van der Waals surface area contributed by atoms with Gasteiger partial charge in [-0.05, 0) is 33.6 Å². The predicted octanol–water partition coefficient (Wildman–Crippen LogP) is 3.42. The molecule has 100 valence electrons. The molecule has 3 rings (SSSR count). The molecule has 0 fully saturated rings. The number of hydrogen-bond donors (Lipinski definition) is 1. The lowest BCUT2D eigenvalue weighted by Gasteiger charge is -2.06. The summed E-state index contributed by atoms with van der Waals surface area (Å²) >= 11 is 3.17. The summed E-state index contributed by atoms with van der Waals surface area (Å²) in [4.78, 5) is 11.7. The van der Waals surface area contributed by atoms with Gasteiger partial charge in [0.05, 0.1) is 15.6 Å². The molecule has 0 spiro atoms. The van der Waals surface area contributed by atoms with Gasteiger partial charge >= 0.3 is 0 Å². The number of rotatable bonds is 2. The number of aromatic amines is 1. The maximum absolute atomic E-state index is 14.0. The molecule has 1 N–H and O–H groups in total. The molecule has 3 nitrogen and oxygen atoms in total. The maximum Gasteiger partial charge on any atom is 0.272 e. The van der Waals surface area contributed by atoms with Gasteiger partial charge in [-0.3, -0.25) is 4.79 Å². The van der Waals surface area contributed by atoms with Gasteiger partial charge in [0.25, 0.3) is 5.56 Å². The molecule has 1 heterocycles. The first kappa shape index (κ1) is 13.0. The van der Waals surface area contributed by atoms with E-state index in [4.69, 9.17) is 0 Å². The van der Waals surface area contributed by atoms with Crippen molar-refractivity contribution in [2.24, 2.45) is 0 Å². The zero-order chi connectivity index (χ0) is 14.1. The number of aromatic nitrogens is 2. The van der Waals surface area contributed by atoms with Crippen LogP contribution in [0, 0.1) is 5.82 Å². The number of halogens is 2. The molecule has 0 aliphatic heterocycles. The minimum atomic E-state index is -0.301. The first-order chi connectivity index (χ1) is 9.66. The molecule has 0 unspecified atom stereocenters. The van der Waals surface area contributed by atoms with Crippen molar-refractivity contribution >= 4 is 26.7 Å². The van der Waals surface area contributed by atoms with E-state index in [1.165, 1.54) is 0 Å². The van der Waals surface area contributed by atoms with Gasteiger partial charge in [0, 0.05) is 11.8 Å². The molecule has 0 amide bonds. The van der Waals surface area contributed by atoms with Crippen LogP contribution in [0.2, 0.25) is 0 Å². The first-order valence-corrected chi connectivity index (χ1v) is 6.85. The Labute approximate surface area is 122 Å². The molecule has 2 aromatic carbocycles. The summed E-state index contributed by atoms with van der Waals surface area (Å²) in [5.41, 5.74) is 0.945. The zero-order valence-electron chi connectivity index (χ0n) is 10.4. The van der Waals surface area contributed by atoms with E-state index in [1.54, 1.807) is 30.3 Å². The third-order valence-electron chi connectivity index (χ3n) is 3.16. The second-order valence-corrected chi connectivity index (χ2v) is 5.29. The third-order valence-corrected chi connectivity index (χ3v) is 3.78. The smallest absolute Gasteiger partial charge is 0.267 e. The Kier molecular flexibility index (Phi) is 3.36. The first-order valence-electron chi connectivity index (χ1n) is 6.06. The summed E-state index contributed by atoms with van der Waals surface area (Å²) in [6.07, 6.45) is 0.322. The molecule has 0 bridgehead atoms. The van der Waals surface area contributed by atoms with E-state index in [2.05, 4.69) is 26.1 Å². The number of nitrogens with one attached hydrogen (secondary N) is 1. The van der Waals surface area contributed by atoms with Crippen molar-refractivity contribution in [1.29, 1.82) is 0 Å². The predicted molar refractivity (Wildman–Crippen MR) is 79.3 cm³/mol. The number of H-pyrrole nitrogens is 1. The second-order valence-electron chi connectivity index (χ2n) is 4.43. The van der Waals surface area contributed by atoms with Crippen LogP contribution in [0.5, 0.6) is 0 Å². The molecular formula is C15H10BrFN2O.